The number of hydrogen-bond donors (Lipinski definition) is 0. The lowest BCUT2D eigenvalue weighted by Crippen LogP contribution is -2.34. The summed E-state index contributed by atoms with van der Waals surface area (Å²) >= 11 is 3.71. The van der Waals surface area contributed by atoms with E-state index in [4.69, 9.17) is 19.9 Å². The Bertz CT molecular complexity index is 6960. The number of fused-ring (bicyclic) bond motifs is 17. The topological polar surface area (TPSA) is 99.1 Å². The van der Waals surface area contributed by atoms with Crippen molar-refractivity contribution in [3.8, 4) is 147 Å². The minimum absolute atomic E-state index is 0.617. The lowest BCUT2D eigenvalue weighted by Gasteiger charge is -2.42. The summed E-state index contributed by atoms with van der Waals surface area (Å²) in [5, 5.41) is 19.5. The molecule has 116 heavy (non-hydrogen) atoms. The molecule has 5 aliphatic rings. The van der Waals surface area contributed by atoms with Gasteiger partial charge in [-0.25, -0.2) is 19.9 Å². The molecule has 8 heteroatoms. The zero-order chi connectivity index (χ0) is 77.0. The van der Waals surface area contributed by atoms with E-state index < -0.39 is 10.8 Å². The van der Waals surface area contributed by atoms with Crippen molar-refractivity contribution in [2.24, 2.45) is 0 Å². The standard InChI is InChI=1S/C108H66N6S2/c109-65-67-43-47-69(48-44-67)70-51-55-73(56-52-70)82-33-18-40-94-102(82)116-104-87(100-64-99(75-23-6-2-7-24-75)111-105(114-100)77-25-8-3-9-26-77)35-20-42-96(104)108(94)91-38-15-12-31-86(91)88-62-78(59-60-92(88)108)71-53-57-76(58-54-71)98-63-97(74-21-4-1-5-22-74)112-106(113-98)80-28-16-27-79(61-80)83-34-19-41-95-103(83)115-101-81(72-49-45-68(66-110)46-50-72)32-17-39-93(101)107(95)89-36-13-10-29-84(89)85-30-11-14-37-90(85)107/h1-14,16-37,39-64H,15,38H2. The second-order valence-corrected chi connectivity index (χ2v) is 32.3. The van der Waals surface area contributed by atoms with Gasteiger partial charge in [-0.3, -0.25) is 0 Å². The lowest BCUT2D eigenvalue weighted by atomic mass is 9.64. The first-order chi connectivity index (χ1) is 57.4. The van der Waals surface area contributed by atoms with E-state index in [2.05, 4.69) is 346 Å². The van der Waals surface area contributed by atoms with E-state index in [9.17, 15) is 10.5 Å². The molecule has 15 aromatic carbocycles. The predicted octanol–water partition coefficient (Wildman–Crippen LogP) is 27.1. The Hall–Kier alpha value is -14.4. The Kier molecular flexibility index (Phi) is 16.4. The molecule has 17 aromatic rings. The first-order valence-electron chi connectivity index (χ1n) is 39.3. The highest BCUT2D eigenvalue weighted by Crippen LogP contribution is 2.67. The molecule has 1 atom stereocenters. The lowest BCUT2D eigenvalue weighted by molar-refractivity contribution is 0.665. The highest BCUT2D eigenvalue weighted by atomic mass is 32.2. The maximum absolute atomic E-state index is 9.89. The van der Waals surface area contributed by atoms with Crippen LogP contribution in [-0.4, -0.2) is 19.9 Å². The summed E-state index contributed by atoms with van der Waals surface area (Å²) in [5.41, 5.74) is 35.7. The number of allylic oxidation sites excluding steroid dienone is 4. The van der Waals surface area contributed by atoms with E-state index in [1.54, 1.807) is 0 Å². The molecule has 540 valence electrons. The van der Waals surface area contributed by atoms with Gasteiger partial charge in [-0.2, -0.15) is 10.5 Å². The van der Waals surface area contributed by atoms with E-state index in [1.165, 1.54) is 91.9 Å². The molecule has 22 rings (SSSR count). The molecule has 0 radical (unpaired) electrons. The molecule has 0 amide bonds. The summed E-state index contributed by atoms with van der Waals surface area (Å²) in [6, 6.07) is 135. The molecule has 3 aliphatic carbocycles. The molecule has 4 heterocycles. The maximum atomic E-state index is 9.89. The zero-order valence-electron chi connectivity index (χ0n) is 62.7. The van der Waals surface area contributed by atoms with Crippen LogP contribution in [-0.2, 0) is 10.8 Å². The molecule has 0 fully saturated rings. The van der Waals surface area contributed by atoms with E-state index in [0.29, 0.717) is 22.8 Å². The fraction of sp³-hybridized carbons (Fsp3) is 0.0370. The Morgan fingerprint density at radius 3 is 1.15 bits per heavy atom. The largest absolute Gasteiger partial charge is 0.228 e. The normalized spacial score (nSPS) is 14.6. The predicted molar refractivity (Wildman–Crippen MR) is 470 cm³/mol. The molecule has 0 saturated heterocycles. The van der Waals surface area contributed by atoms with Crippen molar-refractivity contribution in [1.29, 1.82) is 10.5 Å². The Morgan fingerprint density at radius 1 is 0.250 bits per heavy atom. The third-order valence-corrected chi connectivity index (χ3v) is 26.7. The van der Waals surface area contributed by atoms with Gasteiger partial charge in [0.05, 0.1) is 56.9 Å². The van der Waals surface area contributed by atoms with E-state index in [0.717, 1.165) is 119 Å². The highest BCUT2D eigenvalue weighted by molar-refractivity contribution is 8.00. The van der Waals surface area contributed by atoms with E-state index in [-0.39, 0.29) is 0 Å². The Labute approximate surface area is 681 Å². The van der Waals surface area contributed by atoms with Crippen molar-refractivity contribution in [3.63, 3.8) is 0 Å². The fourth-order valence-electron chi connectivity index (χ4n) is 18.8. The van der Waals surface area contributed by atoms with Crippen LogP contribution >= 0.6 is 23.5 Å². The van der Waals surface area contributed by atoms with Crippen LogP contribution in [0.25, 0.3) is 140 Å². The van der Waals surface area contributed by atoms with E-state index in [1.807, 2.05) is 66.0 Å². The smallest absolute Gasteiger partial charge is 0.160 e. The van der Waals surface area contributed by atoms with Gasteiger partial charge in [-0.1, -0.05) is 351 Å². The molecular formula is C108H66N6S2. The van der Waals surface area contributed by atoms with Crippen molar-refractivity contribution in [1.82, 2.24) is 19.9 Å². The third kappa shape index (κ3) is 10.9. The summed E-state index contributed by atoms with van der Waals surface area (Å²) in [4.78, 5) is 26.6. The van der Waals surface area contributed by atoms with Crippen LogP contribution in [0.5, 0.6) is 0 Å². The van der Waals surface area contributed by atoms with Gasteiger partial charge in [0.15, 0.2) is 11.6 Å². The average molecular weight is 1510 g/mol. The SMILES string of the molecule is N#Cc1ccc(-c2ccc(-c3cccc4c3Sc3c(-c5cc(-c6ccccc6)nc(-c6ccccc6)n5)cccc3C43C4=C(C=CCC4)c4cc(-c5ccc(-c6cc(-c7ccccc7)nc(-c7cccc(-c8cccc9c8Sc8c(-c%10ccc(C#N)cc%10)cccc8C98c9ccccc9-c9ccccc98)c7)n6)cc5)ccc43)cc2)cc1. The molecule has 0 bridgehead atoms. The molecule has 6 nitrogen and oxygen atoms in total. The van der Waals surface area contributed by atoms with Gasteiger partial charge in [-0.05, 0) is 184 Å². The highest BCUT2D eigenvalue weighted by Gasteiger charge is 2.54. The molecule has 0 saturated carbocycles. The molecular weight excluding hydrogens is 1450 g/mol. The van der Waals surface area contributed by atoms with Crippen LogP contribution in [0, 0.1) is 22.7 Å². The Balaban J connectivity index is 0.659. The number of nitrogens with zero attached hydrogens (tertiary/aromatic N) is 6. The summed E-state index contributed by atoms with van der Waals surface area (Å²) in [6.45, 7) is 0. The fourth-order valence-corrected chi connectivity index (χ4v) is 21.7. The zero-order valence-corrected chi connectivity index (χ0v) is 64.3. The number of rotatable bonds is 11. The van der Waals surface area contributed by atoms with Gasteiger partial charge in [0.25, 0.3) is 0 Å². The van der Waals surface area contributed by atoms with Crippen LogP contribution < -0.4 is 0 Å². The molecule has 2 aromatic heterocycles. The van der Waals surface area contributed by atoms with Crippen LogP contribution in [0.1, 0.15) is 68.5 Å². The molecule has 2 spiro atoms. The summed E-state index contributed by atoms with van der Waals surface area (Å²) in [7, 11) is 0. The maximum Gasteiger partial charge on any atom is 0.160 e. The number of hydrogen-bond acceptors (Lipinski definition) is 8. The van der Waals surface area contributed by atoms with Gasteiger partial charge in [0.1, 0.15) is 0 Å². The summed E-state index contributed by atoms with van der Waals surface area (Å²) < 4.78 is 0. The van der Waals surface area contributed by atoms with Crippen molar-refractivity contribution in [2.45, 2.75) is 43.3 Å². The monoisotopic (exact) mass is 1510 g/mol. The first kappa shape index (κ1) is 68.4. The number of benzene rings is 15. The summed E-state index contributed by atoms with van der Waals surface area (Å²) in [5.74, 6) is 1.31. The van der Waals surface area contributed by atoms with Gasteiger partial charge in [0.2, 0.25) is 0 Å². The third-order valence-electron chi connectivity index (χ3n) is 24.1. The van der Waals surface area contributed by atoms with Crippen LogP contribution in [0.2, 0.25) is 0 Å². The van der Waals surface area contributed by atoms with Crippen molar-refractivity contribution in [2.75, 3.05) is 0 Å². The van der Waals surface area contributed by atoms with Crippen molar-refractivity contribution >= 4 is 29.1 Å². The van der Waals surface area contributed by atoms with Crippen LogP contribution in [0.3, 0.4) is 0 Å². The molecule has 1 unspecified atom stereocenters. The first-order valence-corrected chi connectivity index (χ1v) is 40.9. The van der Waals surface area contributed by atoms with Gasteiger partial charge < -0.3 is 0 Å². The summed E-state index contributed by atoms with van der Waals surface area (Å²) in [6.07, 6.45) is 6.57. The van der Waals surface area contributed by atoms with Crippen molar-refractivity contribution < 1.29 is 0 Å². The van der Waals surface area contributed by atoms with Crippen LogP contribution in [0.4, 0.5) is 0 Å². The second kappa shape index (κ2) is 27.8. The quantitative estimate of drug-likeness (QED) is 0.126. The van der Waals surface area contributed by atoms with Crippen molar-refractivity contribution in [3.05, 3.63) is 437 Å². The Morgan fingerprint density at radius 2 is 0.603 bits per heavy atom. The number of aromatic nitrogens is 4. The second-order valence-electron chi connectivity index (χ2n) is 30.3. The molecule has 0 N–H and O–H groups in total. The van der Waals surface area contributed by atoms with E-state index >= 15 is 0 Å². The minimum atomic E-state index is -0.664. The minimum Gasteiger partial charge on any atom is -0.228 e. The molecule has 2 aliphatic heterocycles. The van der Waals surface area contributed by atoms with Crippen LogP contribution in [0.15, 0.2) is 401 Å². The van der Waals surface area contributed by atoms with Gasteiger partial charge in [0, 0.05) is 53.0 Å². The van der Waals surface area contributed by atoms with Gasteiger partial charge >= 0.3 is 0 Å². The average Bonchev–Trinajstić information content (AvgIpc) is 1.50. The van der Waals surface area contributed by atoms with Gasteiger partial charge in [-0.15, -0.1) is 0 Å². The number of nitriles is 2.